The summed E-state index contributed by atoms with van der Waals surface area (Å²) in [6.07, 6.45) is 5.30. The summed E-state index contributed by atoms with van der Waals surface area (Å²) in [7, 11) is 0. The molecule has 8 nitrogen and oxygen atoms in total. The minimum atomic E-state index is -0.806. The van der Waals surface area contributed by atoms with Crippen LogP contribution in [0.3, 0.4) is 0 Å². The summed E-state index contributed by atoms with van der Waals surface area (Å²) in [4.78, 5) is 14.2. The molecule has 5 heterocycles. The predicted molar refractivity (Wildman–Crippen MR) is 140 cm³/mol. The number of aromatic nitrogens is 2. The van der Waals surface area contributed by atoms with Crippen LogP contribution >= 0.6 is 0 Å². The number of halogens is 1. The van der Waals surface area contributed by atoms with E-state index in [1.807, 2.05) is 13.0 Å². The first-order valence-corrected chi connectivity index (χ1v) is 13.9. The Balaban J connectivity index is 1.23. The second-order valence-corrected chi connectivity index (χ2v) is 12.4. The average molecular weight is 519 g/mol. The van der Waals surface area contributed by atoms with Crippen molar-refractivity contribution in [2.45, 2.75) is 75.8 Å². The lowest BCUT2D eigenvalue weighted by molar-refractivity contribution is -0.0856. The molecule has 1 aromatic heterocycles. The smallest absolute Gasteiger partial charge is 0.318 e. The molecule has 4 aliphatic heterocycles. The zero-order valence-corrected chi connectivity index (χ0v) is 22.0. The largest absolute Gasteiger partial charge is 0.461 e. The van der Waals surface area contributed by atoms with E-state index in [9.17, 15) is 9.65 Å². The van der Waals surface area contributed by atoms with Crippen LogP contribution in [-0.4, -0.2) is 59.4 Å². The number of ether oxygens (including phenoxy) is 2. The molecule has 38 heavy (non-hydrogen) atoms. The molecule has 3 saturated heterocycles. The zero-order chi connectivity index (χ0) is 26.1. The lowest BCUT2D eigenvalue weighted by Crippen LogP contribution is -2.55. The van der Waals surface area contributed by atoms with Crippen molar-refractivity contribution in [1.82, 2.24) is 14.9 Å². The highest BCUT2D eigenvalue weighted by molar-refractivity contribution is 5.56. The molecule has 0 amide bonds. The van der Waals surface area contributed by atoms with E-state index in [4.69, 9.17) is 25.2 Å². The fraction of sp³-hybridized carbons (Fsp3) is 0.621. The van der Waals surface area contributed by atoms with Crippen molar-refractivity contribution in [2.24, 2.45) is 5.41 Å². The van der Waals surface area contributed by atoms with Crippen LogP contribution in [0.15, 0.2) is 18.2 Å². The van der Waals surface area contributed by atoms with E-state index in [1.54, 1.807) is 0 Å². The third-order valence-electron chi connectivity index (χ3n) is 9.53. The Morgan fingerprint density at radius 3 is 2.97 bits per heavy atom. The van der Waals surface area contributed by atoms with E-state index in [0.29, 0.717) is 51.7 Å². The quantitative estimate of drug-likeness (QED) is 0.612. The topological polar surface area (TPSA) is 101 Å². The van der Waals surface area contributed by atoms with Gasteiger partial charge in [0, 0.05) is 43.7 Å². The minimum Gasteiger partial charge on any atom is -0.461 e. The molecule has 1 aromatic carbocycles. The minimum absolute atomic E-state index is 0.265. The summed E-state index contributed by atoms with van der Waals surface area (Å²) in [6, 6.07) is 8.92. The molecule has 0 saturated carbocycles. The van der Waals surface area contributed by atoms with Gasteiger partial charge in [-0.15, -0.1) is 0 Å². The Kier molecular flexibility index (Phi) is 5.41. The zero-order valence-electron chi connectivity index (χ0n) is 22.0. The second kappa shape index (κ2) is 8.52. The molecule has 3 atom stereocenters. The summed E-state index contributed by atoms with van der Waals surface area (Å²) in [6.45, 7) is 5.40. The van der Waals surface area contributed by atoms with Gasteiger partial charge in [-0.2, -0.15) is 15.2 Å². The lowest BCUT2D eigenvalue weighted by atomic mass is 9.74. The van der Waals surface area contributed by atoms with Crippen LogP contribution < -0.4 is 15.4 Å². The highest BCUT2D eigenvalue weighted by Gasteiger charge is 2.50. The number of benzene rings is 1. The van der Waals surface area contributed by atoms with Gasteiger partial charge in [-0.3, -0.25) is 4.90 Å². The highest BCUT2D eigenvalue weighted by atomic mass is 19.1. The molecule has 3 unspecified atom stereocenters. The number of fused-ring (bicyclic) bond motifs is 4. The van der Waals surface area contributed by atoms with Crippen molar-refractivity contribution >= 4 is 11.5 Å². The Morgan fingerprint density at radius 2 is 2.13 bits per heavy atom. The van der Waals surface area contributed by atoms with Gasteiger partial charge in [-0.1, -0.05) is 6.07 Å². The summed E-state index contributed by atoms with van der Waals surface area (Å²) >= 11 is 0. The fourth-order valence-electron chi connectivity index (χ4n) is 7.58. The van der Waals surface area contributed by atoms with Crippen molar-refractivity contribution in [3.63, 3.8) is 0 Å². The molecule has 9 heteroatoms. The van der Waals surface area contributed by atoms with Gasteiger partial charge in [0.1, 0.15) is 18.6 Å². The summed E-state index contributed by atoms with van der Waals surface area (Å²) in [5.41, 5.74) is 10.2. The van der Waals surface area contributed by atoms with Gasteiger partial charge >= 0.3 is 6.01 Å². The van der Waals surface area contributed by atoms with Gasteiger partial charge in [0.25, 0.3) is 0 Å². The number of nitrogens with two attached hydrogens (primary N) is 1. The number of hydrogen-bond donors (Lipinski definition) is 1. The van der Waals surface area contributed by atoms with Gasteiger partial charge in [0.15, 0.2) is 0 Å². The van der Waals surface area contributed by atoms with E-state index in [-0.39, 0.29) is 5.54 Å². The van der Waals surface area contributed by atoms with E-state index >= 15 is 0 Å². The molecular formula is C29H35FN6O2. The average Bonchev–Trinajstić information content (AvgIpc) is 3.41. The van der Waals surface area contributed by atoms with Crippen molar-refractivity contribution in [3.8, 4) is 12.1 Å². The molecule has 0 bridgehead atoms. The molecule has 2 N–H and O–H groups in total. The van der Waals surface area contributed by atoms with E-state index in [1.165, 1.54) is 11.1 Å². The van der Waals surface area contributed by atoms with Gasteiger partial charge in [-0.25, -0.2) is 4.39 Å². The monoisotopic (exact) mass is 518 g/mol. The Bertz CT molecular complexity index is 1320. The maximum atomic E-state index is 14.3. The highest BCUT2D eigenvalue weighted by Crippen LogP contribution is 2.48. The molecule has 200 valence electrons. The van der Waals surface area contributed by atoms with Crippen LogP contribution in [0.4, 0.5) is 15.9 Å². The number of nitriles is 1. The number of anilines is 2. The third kappa shape index (κ3) is 3.76. The van der Waals surface area contributed by atoms with E-state index in [0.717, 1.165) is 61.4 Å². The third-order valence-corrected chi connectivity index (χ3v) is 9.53. The van der Waals surface area contributed by atoms with Crippen LogP contribution in [0.2, 0.25) is 0 Å². The molecule has 5 aliphatic rings. The second-order valence-electron chi connectivity index (χ2n) is 12.4. The van der Waals surface area contributed by atoms with Gasteiger partial charge in [0.2, 0.25) is 0 Å². The summed E-state index contributed by atoms with van der Waals surface area (Å²) < 4.78 is 27.4. The number of hydrogen-bond acceptors (Lipinski definition) is 8. The molecule has 3 fully saturated rings. The Labute approximate surface area is 222 Å². The first kappa shape index (κ1) is 24.1. The summed E-state index contributed by atoms with van der Waals surface area (Å²) in [5.74, 6) is 0.798. The molecule has 2 aromatic rings. The predicted octanol–water partition coefficient (Wildman–Crippen LogP) is 3.67. The number of nitrogen functional groups attached to an aromatic ring is 1. The first-order chi connectivity index (χ1) is 18.3. The molecule has 7 rings (SSSR count). The van der Waals surface area contributed by atoms with E-state index in [2.05, 4.69) is 28.0 Å². The number of aryl methyl sites for hydroxylation is 1. The van der Waals surface area contributed by atoms with Crippen molar-refractivity contribution in [3.05, 3.63) is 40.6 Å². The standard InChI is InChI=1S/C29H35FN6O2/c1-27(15-31)16-35(17-27)25-22-14-38-29(8-2-4-19-5-6-21(32)10-23(19)29)12-24(22)33-26(34-25)37-18-28-7-3-9-36(28)13-20(30)11-28/h5-6,10,20H,2-4,7-9,11-14,16-18,32H2,1H3. The van der Waals surface area contributed by atoms with Crippen LogP contribution in [-0.2, 0) is 29.8 Å². The summed E-state index contributed by atoms with van der Waals surface area (Å²) in [5, 5.41) is 9.59. The number of rotatable bonds is 4. The van der Waals surface area contributed by atoms with Gasteiger partial charge < -0.3 is 20.1 Å². The fourth-order valence-corrected chi connectivity index (χ4v) is 7.58. The van der Waals surface area contributed by atoms with Crippen molar-refractivity contribution in [1.29, 1.82) is 5.26 Å². The molecular weight excluding hydrogens is 483 g/mol. The molecule has 1 aliphatic carbocycles. The van der Waals surface area contributed by atoms with E-state index < -0.39 is 17.2 Å². The maximum Gasteiger partial charge on any atom is 0.318 e. The van der Waals surface area contributed by atoms with Gasteiger partial charge in [0.05, 0.1) is 34.9 Å². The first-order valence-electron chi connectivity index (χ1n) is 13.9. The van der Waals surface area contributed by atoms with Crippen LogP contribution in [0, 0.1) is 16.7 Å². The van der Waals surface area contributed by atoms with Crippen LogP contribution in [0.1, 0.15) is 61.4 Å². The normalized spacial score (nSPS) is 31.3. The Hall–Kier alpha value is -2.96. The van der Waals surface area contributed by atoms with Crippen molar-refractivity contribution < 1.29 is 13.9 Å². The Morgan fingerprint density at radius 1 is 1.26 bits per heavy atom. The molecule has 0 radical (unpaired) electrons. The lowest BCUT2D eigenvalue weighted by Gasteiger charge is -2.47. The molecule has 1 spiro atoms. The SMILES string of the molecule is CC1(C#N)CN(c2nc(OCC34CCCN3CC(F)C4)nc3c2COC2(CCCc4ccc(N)cc42)C3)C1. The van der Waals surface area contributed by atoms with Gasteiger partial charge in [-0.05, 0) is 68.8 Å². The number of alkyl halides is 1. The maximum absolute atomic E-state index is 14.3. The number of nitrogens with zero attached hydrogens (tertiary/aromatic N) is 5. The van der Waals surface area contributed by atoms with Crippen LogP contribution in [0.5, 0.6) is 6.01 Å². The van der Waals surface area contributed by atoms with Crippen molar-refractivity contribution in [2.75, 3.05) is 43.4 Å². The van der Waals surface area contributed by atoms with Crippen LogP contribution in [0.25, 0.3) is 0 Å².